The summed E-state index contributed by atoms with van der Waals surface area (Å²) in [5.41, 5.74) is 9.98. The zero-order chi connectivity index (χ0) is 12.8. The summed E-state index contributed by atoms with van der Waals surface area (Å²) < 4.78 is 6.06. The van der Waals surface area contributed by atoms with Crippen LogP contribution >= 0.6 is 0 Å². The molecule has 2 aromatic carbocycles. The lowest BCUT2D eigenvalue weighted by atomic mass is 10.1. The van der Waals surface area contributed by atoms with Crippen molar-refractivity contribution >= 4 is 33.3 Å². The number of rotatable bonds is 1. The van der Waals surface area contributed by atoms with Gasteiger partial charge in [0.2, 0.25) is 0 Å². The van der Waals surface area contributed by atoms with Gasteiger partial charge in [-0.3, -0.25) is 0 Å². The molecule has 0 saturated carbocycles. The Hall–Kier alpha value is -2.16. The molecule has 0 aliphatic carbocycles. The van der Waals surface area contributed by atoms with Crippen LogP contribution < -0.4 is 10.6 Å². The lowest BCUT2D eigenvalue weighted by molar-refractivity contribution is 0.667. The highest BCUT2D eigenvalue weighted by Crippen LogP contribution is 2.39. The number of fused-ring (bicyclic) bond motifs is 3. The maximum atomic E-state index is 6.16. The molecule has 1 aliphatic rings. The summed E-state index contributed by atoms with van der Waals surface area (Å²) in [6.45, 7) is 2.21. The number of anilines is 2. The smallest absolute Gasteiger partial charge is 0.160 e. The fourth-order valence-electron chi connectivity index (χ4n) is 3.05. The molecule has 1 aliphatic heterocycles. The molecule has 96 valence electrons. The van der Waals surface area contributed by atoms with Gasteiger partial charge in [0.1, 0.15) is 5.58 Å². The second kappa shape index (κ2) is 3.92. The molecule has 1 fully saturated rings. The van der Waals surface area contributed by atoms with Gasteiger partial charge >= 0.3 is 0 Å². The Morgan fingerprint density at radius 1 is 1.00 bits per heavy atom. The lowest BCUT2D eigenvalue weighted by Gasteiger charge is -2.18. The monoisotopic (exact) mass is 252 g/mol. The molecule has 1 aromatic heterocycles. The van der Waals surface area contributed by atoms with Gasteiger partial charge < -0.3 is 15.1 Å². The van der Waals surface area contributed by atoms with Crippen molar-refractivity contribution in [1.29, 1.82) is 0 Å². The number of benzene rings is 2. The summed E-state index contributed by atoms with van der Waals surface area (Å²) in [4.78, 5) is 2.39. The number of hydrogen-bond acceptors (Lipinski definition) is 3. The zero-order valence-electron chi connectivity index (χ0n) is 10.7. The Morgan fingerprint density at radius 2 is 1.79 bits per heavy atom. The molecular weight excluding hydrogens is 236 g/mol. The second-order valence-electron chi connectivity index (χ2n) is 5.17. The predicted molar refractivity (Wildman–Crippen MR) is 79.6 cm³/mol. The van der Waals surface area contributed by atoms with E-state index in [4.69, 9.17) is 10.2 Å². The highest BCUT2D eigenvalue weighted by molar-refractivity contribution is 6.14. The average Bonchev–Trinajstić information content (AvgIpc) is 3.06. The second-order valence-corrected chi connectivity index (χ2v) is 5.17. The maximum absolute atomic E-state index is 6.16. The summed E-state index contributed by atoms with van der Waals surface area (Å²) >= 11 is 0. The number of nitrogen functional groups attached to an aromatic ring is 1. The van der Waals surface area contributed by atoms with Gasteiger partial charge in [0, 0.05) is 24.2 Å². The fourth-order valence-corrected chi connectivity index (χ4v) is 3.05. The van der Waals surface area contributed by atoms with E-state index in [0.29, 0.717) is 0 Å². The molecule has 3 nitrogen and oxygen atoms in total. The van der Waals surface area contributed by atoms with Gasteiger partial charge in [-0.25, -0.2) is 0 Å². The predicted octanol–water partition coefficient (Wildman–Crippen LogP) is 3.77. The largest absolute Gasteiger partial charge is 0.454 e. The van der Waals surface area contributed by atoms with E-state index in [2.05, 4.69) is 17.0 Å². The first-order valence-electron chi connectivity index (χ1n) is 6.79. The summed E-state index contributed by atoms with van der Waals surface area (Å²) in [7, 11) is 0. The SMILES string of the molecule is Nc1ccc(N2CCCC2)c2oc3ccccc3c12. The third-order valence-corrected chi connectivity index (χ3v) is 3.98. The molecule has 0 radical (unpaired) electrons. The van der Waals surface area contributed by atoms with E-state index in [9.17, 15) is 0 Å². The summed E-state index contributed by atoms with van der Waals surface area (Å²) in [5, 5.41) is 2.16. The number of nitrogens with zero attached hydrogens (tertiary/aromatic N) is 1. The molecule has 0 atom stereocenters. The van der Waals surface area contributed by atoms with Crippen LogP contribution in [-0.4, -0.2) is 13.1 Å². The standard InChI is InChI=1S/C16H16N2O/c17-12-7-8-13(18-9-3-4-10-18)16-15(12)11-5-1-2-6-14(11)19-16/h1-2,5-8H,3-4,9-10,17H2. The maximum Gasteiger partial charge on any atom is 0.160 e. The van der Waals surface area contributed by atoms with Crippen molar-refractivity contribution in [3.8, 4) is 0 Å². The molecule has 2 N–H and O–H groups in total. The van der Waals surface area contributed by atoms with Crippen LogP contribution in [0.5, 0.6) is 0 Å². The Balaban J connectivity index is 2.07. The molecule has 3 heteroatoms. The van der Waals surface area contributed by atoms with Crippen molar-refractivity contribution in [2.75, 3.05) is 23.7 Å². The average molecular weight is 252 g/mol. The quantitative estimate of drug-likeness (QED) is 0.670. The van der Waals surface area contributed by atoms with Crippen LogP contribution in [0.15, 0.2) is 40.8 Å². The van der Waals surface area contributed by atoms with Gasteiger partial charge in [-0.15, -0.1) is 0 Å². The summed E-state index contributed by atoms with van der Waals surface area (Å²) in [6, 6.07) is 12.2. The third-order valence-electron chi connectivity index (χ3n) is 3.98. The van der Waals surface area contributed by atoms with Gasteiger partial charge in [-0.1, -0.05) is 18.2 Å². The normalized spacial score (nSPS) is 15.7. The van der Waals surface area contributed by atoms with Gasteiger partial charge in [0.25, 0.3) is 0 Å². The number of furan rings is 1. The van der Waals surface area contributed by atoms with Crippen LogP contribution in [0.4, 0.5) is 11.4 Å². The number of nitrogens with two attached hydrogens (primary N) is 1. The highest BCUT2D eigenvalue weighted by atomic mass is 16.3. The number of hydrogen-bond donors (Lipinski definition) is 1. The van der Waals surface area contributed by atoms with Crippen molar-refractivity contribution in [1.82, 2.24) is 0 Å². The third kappa shape index (κ3) is 1.51. The van der Waals surface area contributed by atoms with Gasteiger partial charge in [0.05, 0.1) is 11.1 Å². The van der Waals surface area contributed by atoms with Gasteiger partial charge in [-0.2, -0.15) is 0 Å². The van der Waals surface area contributed by atoms with E-state index in [0.717, 1.165) is 40.7 Å². The molecule has 2 heterocycles. The summed E-state index contributed by atoms with van der Waals surface area (Å²) in [6.07, 6.45) is 2.51. The zero-order valence-corrected chi connectivity index (χ0v) is 10.7. The van der Waals surface area contributed by atoms with Crippen molar-refractivity contribution in [2.24, 2.45) is 0 Å². The van der Waals surface area contributed by atoms with Crippen LogP contribution in [0.3, 0.4) is 0 Å². The molecule has 3 aromatic rings. The molecule has 19 heavy (non-hydrogen) atoms. The van der Waals surface area contributed by atoms with Crippen molar-refractivity contribution in [3.05, 3.63) is 36.4 Å². The minimum Gasteiger partial charge on any atom is -0.454 e. The number of para-hydroxylation sites is 1. The van der Waals surface area contributed by atoms with E-state index in [1.54, 1.807) is 0 Å². The van der Waals surface area contributed by atoms with Crippen LogP contribution in [0.1, 0.15) is 12.8 Å². The first kappa shape index (κ1) is 10.7. The Kier molecular flexibility index (Phi) is 2.21. The van der Waals surface area contributed by atoms with E-state index in [1.807, 2.05) is 24.3 Å². The van der Waals surface area contributed by atoms with Crippen LogP contribution in [0.2, 0.25) is 0 Å². The minimum absolute atomic E-state index is 0.794. The Labute approximate surface area is 111 Å². The molecule has 4 rings (SSSR count). The summed E-state index contributed by atoms with van der Waals surface area (Å²) in [5.74, 6) is 0. The minimum atomic E-state index is 0.794. The first-order chi connectivity index (χ1) is 9.34. The first-order valence-corrected chi connectivity index (χ1v) is 6.79. The van der Waals surface area contributed by atoms with Gasteiger partial charge in [0.15, 0.2) is 5.58 Å². The van der Waals surface area contributed by atoms with Crippen molar-refractivity contribution < 1.29 is 4.42 Å². The molecule has 1 saturated heterocycles. The van der Waals surface area contributed by atoms with Crippen LogP contribution in [0, 0.1) is 0 Å². The fraction of sp³-hybridized carbons (Fsp3) is 0.250. The van der Waals surface area contributed by atoms with E-state index in [-0.39, 0.29) is 0 Å². The lowest BCUT2D eigenvalue weighted by Crippen LogP contribution is -2.17. The molecule has 0 bridgehead atoms. The van der Waals surface area contributed by atoms with Crippen molar-refractivity contribution in [2.45, 2.75) is 12.8 Å². The van der Waals surface area contributed by atoms with E-state index >= 15 is 0 Å². The van der Waals surface area contributed by atoms with Crippen LogP contribution in [0.25, 0.3) is 21.9 Å². The van der Waals surface area contributed by atoms with Crippen molar-refractivity contribution in [3.63, 3.8) is 0 Å². The molecule has 0 spiro atoms. The molecular formula is C16H16N2O. The Morgan fingerprint density at radius 3 is 2.63 bits per heavy atom. The van der Waals surface area contributed by atoms with E-state index in [1.165, 1.54) is 18.5 Å². The Bertz CT molecular complexity index is 754. The van der Waals surface area contributed by atoms with E-state index < -0.39 is 0 Å². The highest BCUT2D eigenvalue weighted by Gasteiger charge is 2.19. The van der Waals surface area contributed by atoms with Gasteiger partial charge in [-0.05, 0) is 31.0 Å². The molecule has 0 amide bonds. The topological polar surface area (TPSA) is 42.4 Å². The molecule has 0 unspecified atom stereocenters. The van der Waals surface area contributed by atoms with Crippen LogP contribution in [-0.2, 0) is 0 Å².